The van der Waals surface area contributed by atoms with Gasteiger partial charge < -0.3 is 27.9 Å². The number of quaternary nitrogens is 1. The predicted octanol–water partition coefficient (Wildman–Crippen LogP) is 12.4. The maximum absolute atomic E-state index is 12.7. The zero-order valence-corrected chi connectivity index (χ0v) is 38.4. The fraction of sp³-hybridized carbons (Fsp3) is 0.708. The van der Waals surface area contributed by atoms with Gasteiger partial charge in [0.2, 0.25) is 0 Å². The Morgan fingerprint density at radius 2 is 0.948 bits per heavy atom. The highest BCUT2D eigenvalue weighted by molar-refractivity contribution is 7.45. The number of likely N-dealkylation sites (N-methyl/N-ethyl adjacent to an activating group) is 1. The minimum absolute atomic E-state index is 0.0457. The van der Waals surface area contributed by atoms with E-state index in [1.807, 2.05) is 27.2 Å². The van der Waals surface area contributed by atoms with Gasteiger partial charge in [-0.3, -0.25) is 14.2 Å². The first-order valence-electron chi connectivity index (χ1n) is 22.6. The normalized spacial score (nSPS) is 14.2. The van der Waals surface area contributed by atoms with Crippen LogP contribution in [0.4, 0.5) is 0 Å². The average molecular weight is 834 g/mol. The van der Waals surface area contributed by atoms with Gasteiger partial charge in [0.15, 0.2) is 6.10 Å². The highest BCUT2D eigenvalue weighted by Gasteiger charge is 2.21. The van der Waals surface area contributed by atoms with Crippen LogP contribution in [-0.4, -0.2) is 70.0 Å². The second kappa shape index (κ2) is 39.9. The van der Waals surface area contributed by atoms with Crippen molar-refractivity contribution in [3.63, 3.8) is 0 Å². The highest BCUT2D eigenvalue weighted by Crippen LogP contribution is 2.38. The van der Waals surface area contributed by atoms with E-state index in [0.717, 1.165) is 51.4 Å². The summed E-state index contributed by atoms with van der Waals surface area (Å²) in [5.74, 6) is -0.915. The summed E-state index contributed by atoms with van der Waals surface area (Å²) in [4.78, 5) is 37.5. The Balaban J connectivity index is 4.46. The van der Waals surface area contributed by atoms with Crippen molar-refractivity contribution in [2.45, 2.75) is 174 Å². The first kappa shape index (κ1) is 55.5. The summed E-state index contributed by atoms with van der Waals surface area (Å²) in [6, 6.07) is 0. The standard InChI is InChI=1S/C48H84NO8P/c1-6-8-10-12-14-16-18-20-22-24-26-28-30-32-34-36-38-40-47(50)54-44-46(45-56-58(52,53)55-43-42-49(3,4)5)57-48(51)41-39-37-35-33-31-29-27-25-23-21-19-17-15-13-11-9-7-2/h14-17,20-23,27,29,33,35,46H,6-13,18-19,24-26,28,30-32,34,36-45H2,1-5H3/b16-14+,17-15+,22-20+,23-21+,29-27+,35-33+/t46-/m1/s1. The Kier molecular flexibility index (Phi) is 38.1. The molecule has 0 aromatic carbocycles. The number of allylic oxidation sites excluding steroid dienone is 12. The second-order valence-electron chi connectivity index (χ2n) is 16.1. The summed E-state index contributed by atoms with van der Waals surface area (Å²) < 4.78 is 33.8. The lowest BCUT2D eigenvalue weighted by Gasteiger charge is -2.28. The molecule has 1 unspecified atom stereocenters. The van der Waals surface area contributed by atoms with Crippen LogP contribution in [0.3, 0.4) is 0 Å². The fourth-order valence-corrected chi connectivity index (χ4v) is 6.35. The third kappa shape index (κ3) is 43.0. The van der Waals surface area contributed by atoms with E-state index < -0.39 is 32.5 Å². The van der Waals surface area contributed by atoms with E-state index in [1.165, 1.54) is 70.6 Å². The molecule has 0 saturated heterocycles. The number of hydrogen-bond donors (Lipinski definition) is 0. The molecule has 0 aliphatic rings. The molecule has 0 N–H and O–H groups in total. The van der Waals surface area contributed by atoms with E-state index in [-0.39, 0.29) is 26.1 Å². The first-order chi connectivity index (χ1) is 28.0. The molecular formula is C48H84NO8P. The Morgan fingerprint density at radius 3 is 1.43 bits per heavy atom. The molecule has 10 heteroatoms. The van der Waals surface area contributed by atoms with Gasteiger partial charge in [0, 0.05) is 12.8 Å². The molecule has 0 radical (unpaired) electrons. The van der Waals surface area contributed by atoms with Gasteiger partial charge >= 0.3 is 11.9 Å². The number of rotatable bonds is 40. The molecule has 0 saturated carbocycles. The lowest BCUT2D eigenvalue weighted by Crippen LogP contribution is -2.37. The highest BCUT2D eigenvalue weighted by atomic mass is 31.2. The summed E-state index contributed by atoms with van der Waals surface area (Å²) in [6.07, 6.45) is 49.3. The van der Waals surface area contributed by atoms with Gasteiger partial charge in [0.25, 0.3) is 7.82 Å². The molecule has 0 aromatic heterocycles. The number of phosphoric ester groups is 1. The SMILES string of the molecule is CCCCC/C=C/C/C=C/C/C=C/C/C=C/CCCC(=O)O[C@H](COC(=O)CCCCCCCCC/C=C/C/C=C/CCCCC)COP(=O)([O-])OCC[N+](C)(C)C. The number of phosphoric acid groups is 1. The lowest BCUT2D eigenvalue weighted by molar-refractivity contribution is -0.870. The maximum atomic E-state index is 12.7. The van der Waals surface area contributed by atoms with E-state index in [1.54, 1.807) is 0 Å². The summed E-state index contributed by atoms with van der Waals surface area (Å²) >= 11 is 0. The van der Waals surface area contributed by atoms with Crippen molar-refractivity contribution in [3.8, 4) is 0 Å². The molecule has 0 rings (SSSR count). The van der Waals surface area contributed by atoms with E-state index in [0.29, 0.717) is 30.3 Å². The number of hydrogen-bond acceptors (Lipinski definition) is 8. The van der Waals surface area contributed by atoms with Crippen LogP contribution >= 0.6 is 7.82 Å². The molecule has 334 valence electrons. The van der Waals surface area contributed by atoms with Crippen molar-refractivity contribution in [3.05, 3.63) is 72.9 Å². The summed E-state index contributed by atoms with van der Waals surface area (Å²) in [6.45, 7) is 4.09. The van der Waals surface area contributed by atoms with E-state index in [2.05, 4.69) is 80.7 Å². The van der Waals surface area contributed by atoms with Crippen LogP contribution in [0, 0.1) is 0 Å². The van der Waals surface area contributed by atoms with Gasteiger partial charge in [-0.25, -0.2) is 0 Å². The van der Waals surface area contributed by atoms with E-state index >= 15 is 0 Å². The summed E-state index contributed by atoms with van der Waals surface area (Å²) in [5, 5.41) is 0. The van der Waals surface area contributed by atoms with Crippen molar-refractivity contribution < 1.29 is 42.1 Å². The van der Waals surface area contributed by atoms with Crippen molar-refractivity contribution in [1.29, 1.82) is 0 Å². The molecule has 0 aromatic rings. The topological polar surface area (TPSA) is 111 Å². The van der Waals surface area contributed by atoms with Crippen molar-refractivity contribution >= 4 is 19.8 Å². The molecular weight excluding hydrogens is 750 g/mol. The van der Waals surface area contributed by atoms with Crippen LogP contribution in [0.25, 0.3) is 0 Å². The molecule has 58 heavy (non-hydrogen) atoms. The molecule has 0 fully saturated rings. The summed E-state index contributed by atoms with van der Waals surface area (Å²) in [7, 11) is 1.12. The Hall–Kier alpha value is -2.55. The maximum Gasteiger partial charge on any atom is 0.306 e. The van der Waals surface area contributed by atoms with Crippen LogP contribution in [0.2, 0.25) is 0 Å². The van der Waals surface area contributed by atoms with Gasteiger partial charge in [0.1, 0.15) is 19.8 Å². The first-order valence-corrected chi connectivity index (χ1v) is 24.1. The number of unbranched alkanes of at least 4 members (excludes halogenated alkanes) is 14. The Labute approximate surface area is 355 Å². The molecule has 0 amide bonds. The monoisotopic (exact) mass is 834 g/mol. The molecule has 9 nitrogen and oxygen atoms in total. The smallest absolute Gasteiger partial charge is 0.306 e. The second-order valence-corrected chi connectivity index (χ2v) is 17.5. The van der Waals surface area contributed by atoms with E-state index in [9.17, 15) is 19.0 Å². The van der Waals surface area contributed by atoms with Gasteiger partial charge in [-0.15, -0.1) is 0 Å². The van der Waals surface area contributed by atoms with Crippen molar-refractivity contribution in [2.75, 3.05) is 47.5 Å². The largest absolute Gasteiger partial charge is 0.756 e. The Bertz CT molecular complexity index is 1220. The molecule has 0 heterocycles. The molecule has 0 bridgehead atoms. The zero-order chi connectivity index (χ0) is 42.8. The fourth-order valence-electron chi connectivity index (χ4n) is 5.62. The third-order valence-corrected chi connectivity index (χ3v) is 10.2. The molecule has 0 spiro atoms. The Morgan fingerprint density at radius 1 is 0.534 bits per heavy atom. The lowest BCUT2D eigenvalue weighted by atomic mass is 10.1. The van der Waals surface area contributed by atoms with Gasteiger partial charge in [0.05, 0.1) is 27.7 Å². The van der Waals surface area contributed by atoms with Crippen LogP contribution in [0.1, 0.15) is 168 Å². The third-order valence-electron chi connectivity index (χ3n) is 9.20. The minimum Gasteiger partial charge on any atom is -0.756 e. The number of carbonyl (C=O) groups excluding carboxylic acids is 2. The van der Waals surface area contributed by atoms with Gasteiger partial charge in [-0.1, -0.05) is 145 Å². The quantitative estimate of drug-likeness (QED) is 0.0197. The molecule has 2 atom stereocenters. The predicted molar refractivity (Wildman–Crippen MR) is 240 cm³/mol. The van der Waals surface area contributed by atoms with Crippen LogP contribution in [-0.2, 0) is 32.7 Å². The van der Waals surface area contributed by atoms with Crippen LogP contribution < -0.4 is 4.89 Å². The van der Waals surface area contributed by atoms with Gasteiger partial charge in [-0.05, 0) is 83.5 Å². The number of carbonyl (C=O) groups is 2. The van der Waals surface area contributed by atoms with Gasteiger partial charge in [-0.2, -0.15) is 0 Å². The number of esters is 2. The average Bonchev–Trinajstić information content (AvgIpc) is 3.17. The van der Waals surface area contributed by atoms with Crippen molar-refractivity contribution in [2.24, 2.45) is 0 Å². The zero-order valence-electron chi connectivity index (χ0n) is 37.5. The minimum atomic E-state index is -4.65. The van der Waals surface area contributed by atoms with E-state index in [4.69, 9.17) is 18.5 Å². The number of nitrogens with zero attached hydrogens (tertiary/aromatic N) is 1. The molecule has 0 aliphatic carbocycles. The van der Waals surface area contributed by atoms with Crippen LogP contribution in [0.5, 0.6) is 0 Å². The molecule has 0 aliphatic heterocycles. The summed E-state index contributed by atoms with van der Waals surface area (Å²) in [5.41, 5.74) is 0. The van der Waals surface area contributed by atoms with Crippen molar-refractivity contribution in [1.82, 2.24) is 0 Å². The number of ether oxygens (including phenoxy) is 2. The van der Waals surface area contributed by atoms with Crippen LogP contribution in [0.15, 0.2) is 72.9 Å².